The van der Waals surface area contributed by atoms with Crippen LogP contribution < -0.4 is 10.6 Å². The molecule has 0 aromatic carbocycles. The number of nitrogens with one attached hydrogen (secondary N) is 2. The van der Waals surface area contributed by atoms with Crippen LogP contribution in [0.3, 0.4) is 0 Å². The van der Waals surface area contributed by atoms with Crippen LogP contribution in [-0.4, -0.2) is 26.0 Å². The summed E-state index contributed by atoms with van der Waals surface area (Å²) in [5, 5.41) is 6.03. The maximum Gasteiger partial charge on any atom is 0.287 e. The van der Waals surface area contributed by atoms with Gasteiger partial charge in [0.15, 0.2) is 11.0 Å². The Morgan fingerprint density at radius 2 is 2.27 bits per heavy atom. The van der Waals surface area contributed by atoms with Gasteiger partial charge in [0, 0.05) is 6.54 Å². The molecule has 1 aromatic rings. The molecule has 0 saturated carbocycles. The average molecular weight is 231 g/mol. The summed E-state index contributed by atoms with van der Waals surface area (Å²) in [7, 11) is 1.88. The molecule has 0 radical (unpaired) electrons. The van der Waals surface area contributed by atoms with E-state index in [9.17, 15) is 4.79 Å². The van der Waals surface area contributed by atoms with Crippen molar-refractivity contribution in [3.05, 3.63) is 23.1 Å². The van der Waals surface area contributed by atoms with Gasteiger partial charge in [-0.2, -0.15) is 0 Å². The average Bonchev–Trinajstić information content (AvgIpc) is 2.62. The van der Waals surface area contributed by atoms with Gasteiger partial charge in [-0.05, 0) is 43.2 Å². The first-order valence-corrected chi connectivity index (χ1v) is 5.19. The highest BCUT2D eigenvalue weighted by molar-refractivity contribution is 6.29. The summed E-state index contributed by atoms with van der Waals surface area (Å²) < 4.78 is 4.98. The van der Waals surface area contributed by atoms with E-state index in [4.69, 9.17) is 16.0 Å². The van der Waals surface area contributed by atoms with Gasteiger partial charge in [0.2, 0.25) is 0 Å². The van der Waals surface area contributed by atoms with Crippen molar-refractivity contribution >= 4 is 17.5 Å². The molecule has 1 atom stereocenters. The van der Waals surface area contributed by atoms with Crippen LogP contribution in [0.2, 0.25) is 5.22 Å². The van der Waals surface area contributed by atoms with E-state index in [1.807, 2.05) is 14.0 Å². The van der Waals surface area contributed by atoms with Crippen molar-refractivity contribution in [3.8, 4) is 0 Å². The van der Waals surface area contributed by atoms with Crippen LogP contribution in [0.5, 0.6) is 0 Å². The van der Waals surface area contributed by atoms with Gasteiger partial charge in [-0.1, -0.05) is 6.92 Å². The summed E-state index contributed by atoms with van der Waals surface area (Å²) in [6.07, 6.45) is 0. The van der Waals surface area contributed by atoms with E-state index >= 15 is 0 Å². The topological polar surface area (TPSA) is 54.3 Å². The monoisotopic (exact) mass is 230 g/mol. The smallest absolute Gasteiger partial charge is 0.287 e. The van der Waals surface area contributed by atoms with Gasteiger partial charge < -0.3 is 15.1 Å². The van der Waals surface area contributed by atoms with E-state index in [1.165, 1.54) is 0 Å². The minimum absolute atomic E-state index is 0.225. The second kappa shape index (κ2) is 5.78. The molecule has 2 N–H and O–H groups in total. The predicted octanol–water partition coefficient (Wildman–Crippen LogP) is 1.52. The zero-order valence-electron chi connectivity index (χ0n) is 8.84. The molecule has 0 aliphatic carbocycles. The second-order valence-electron chi connectivity index (χ2n) is 3.48. The highest BCUT2D eigenvalue weighted by atomic mass is 35.5. The number of hydrogen-bond donors (Lipinski definition) is 2. The number of amides is 1. The summed E-state index contributed by atoms with van der Waals surface area (Å²) in [4.78, 5) is 11.5. The molecular weight excluding hydrogens is 216 g/mol. The van der Waals surface area contributed by atoms with Crippen LogP contribution in [0, 0.1) is 5.92 Å². The highest BCUT2D eigenvalue weighted by Crippen LogP contribution is 2.12. The zero-order chi connectivity index (χ0) is 11.3. The van der Waals surface area contributed by atoms with E-state index in [0.717, 1.165) is 6.54 Å². The fraction of sp³-hybridized carbons (Fsp3) is 0.500. The molecule has 1 heterocycles. The first kappa shape index (κ1) is 12.1. The Hall–Kier alpha value is -1.00. The lowest BCUT2D eigenvalue weighted by atomic mass is 10.2. The summed E-state index contributed by atoms with van der Waals surface area (Å²) in [6, 6.07) is 3.11. The Bertz CT molecular complexity index is 325. The first-order valence-electron chi connectivity index (χ1n) is 4.81. The van der Waals surface area contributed by atoms with Crippen LogP contribution in [0.25, 0.3) is 0 Å². The summed E-state index contributed by atoms with van der Waals surface area (Å²) in [5.41, 5.74) is 0. The molecule has 0 saturated heterocycles. The molecular formula is C10H15ClN2O2. The van der Waals surface area contributed by atoms with Crippen molar-refractivity contribution in [3.63, 3.8) is 0 Å². The number of carbonyl (C=O) groups excluding carboxylic acids is 1. The highest BCUT2D eigenvalue weighted by Gasteiger charge is 2.11. The fourth-order valence-electron chi connectivity index (χ4n) is 1.21. The number of halogens is 1. The van der Waals surface area contributed by atoms with Crippen molar-refractivity contribution < 1.29 is 9.21 Å². The molecule has 4 nitrogen and oxygen atoms in total. The number of hydrogen-bond acceptors (Lipinski definition) is 3. The van der Waals surface area contributed by atoms with Crippen LogP contribution >= 0.6 is 11.6 Å². The van der Waals surface area contributed by atoms with Gasteiger partial charge in [0.25, 0.3) is 5.91 Å². The Labute approximate surface area is 94.0 Å². The lowest BCUT2D eigenvalue weighted by Crippen LogP contribution is -2.31. The second-order valence-corrected chi connectivity index (χ2v) is 3.85. The minimum atomic E-state index is -0.232. The van der Waals surface area contributed by atoms with E-state index in [2.05, 4.69) is 10.6 Å². The van der Waals surface area contributed by atoms with Gasteiger partial charge in [-0.15, -0.1) is 0 Å². The third-order valence-electron chi connectivity index (χ3n) is 1.96. The molecule has 0 bridgehead atoms. The number of carbonyl (C=O) groups is 1. The van der Waals surface area contributed by atoms with Crippen LogP contribution in [-0.2, 0) is 0 Å². The Kier molecular flexibility index (Phi) is 4.65. The van der Waals surface area contributed by atoms with E-state index in [-0.39, 0.29) is 16.9 Å². The third kappa shape index (κ3) is 3.93. The summed E-state index contributed by atoms with van der Waals surface area (Å²) >= 11 is 5.56. The normalized spacial score (nSPS) is 12.5. The molecule has 1 amide bonds. The quantitative estimate of drug-likeness (QED) is 0.807. The molecule has 1 aromatic heterocycles. The van der Waals surface area contributed by atoms with E-state index < -0.39 is 0 Å². The van der Waals surface area contributed by atoms with Crippen molar-refractivity contribution in [1.29, 1.82) is 0 Å². The van der Waals surface area contributed by atoms with Crippen LogP contribution in [0.4, 0.5) is 0 Å². The van der Waals surface area contributed by atoms with Gasteiger partial charge >= 0.3 is 0 Å². The van der Waals surface area contributed by atoms with Crippen LogP contribution in [0.15, 0.2) is 16.5 Å². The molecule has 0 aliphatic heterocycles. The van der Waals surface area contributed by atoms with Crippen molar-refractivity contribution in [2.24, 2.45) is 5.92 Å². The zero-order valence-corrected chi connectivity index (χ0v) is 9.60. The van der Waals surface area contributed by atoms with Crippen molar-refractivity contribution in [2.75, 3.05) is 20.1 Å². The maximum absolute atomic E-state index is 11.5. The minimum Gasteiger partial charge on any atom is -0.440 e. The fourth-order valence-corrected chi connectivity index (χ4v) is 1.36. The SMILES string of the molecule is CNCC(C)CNC(=O)c1ccc(Cl)o1. The van der Waals surface area contributed by atoms with Crippen molar-refractivity contribution in [1.82, 2.24) is 10.6 Å². The molecule has 0 fully saturated rings. The summed E-state index contributed by atoms with van der Waals surface area (Å²) in [5.74, 6) is 0.394. The van der Waals surface area contributed by atoms with E-state index in [1.54, 1.807) is 12.1 Å². The maximum atomic E-state index is 11.5. The van der Waals surface area contributed by atoms with E-state index in [0.29, 0.717) is 12.5 Å². The van der Waals surface area contributed by atoms with Gasteiger partial charge in [-0.25, -0.2) is 0 Å². The molecule has 0 spiro atoms. The largest absolute Gasteiger partial charge is 0.440 e. The first-order chi connectivity index (χ1) is 7.13. The molecule has 1 rings (SSSR count). The predicted molar refractivity (Wildman–Crippen MR) is 59.1 cm³/mol. The lowest BCUT2D eigenvalue weighted by molar-refractivity contribution is 0.0920. The Morgan fingerprint density at radius 3 is 2.80 bits per heavy atom. The standard InChI is InChI=1S/C10H15ClN2O2/c1-7(5-12-2)6-13-10(14)8-3-4-9(11)15-8/h3-4,7,12H,5-6H2,1-2H3,(H,13,14). The van der Waals surface area contributed by atoms with Gasteiger partial charge in [0.05, 0.1) is 0 Å². The van der Waals surface area contributed by atoms with Crippen molar-refractivity contribution in [2.45, 2.75) is 6.92 Å². The molecule has 0 aliphatic rings. The summed E-state index contributed by atoms with van der Waals surface area (Å²) in [6.45, 7) is 3.52. The van der Waals surface area contributed by atoms with Gasteiger partial charge in [-0.3, -0.25) is 4.79 Å². The Morgan fingerprint density at radius 1 is 1.53 bits per heavy atom. The molecule has 84 valence electrons. The third-order valence-corrected chi connectivity index (χ3v) is 2.16. The van der Waals surface area contributed by atoms with Gasteiger partial charge in [0.1, 0.15) is 0 Å². The Balaban J connectivity index is 2.36. The molecule has 1 unspecified atom stereocenters. The number of furan rings is 1. The van der Waals surface area contributed by atoms with Crippen LogP contribution in [0.1, 0.15) is 17.5 Å². The number of rotatable bonds is 5. The molecule has 5 heteroatoms. The lowest BCUT2D eigenvalue weighted by Gasteiger charge is -2.10. The molecule has 15 heavy (non-hydrogen) atoms.